The summed E-state index contributed by atoms with van der Waals surface area (Å²) in [6.45, 7) is 0.862. The molecule has 1 saturated heterocycles. The van der Waals surface area contributed by atoms with Crippen LogP contribution in [0.1, 0.15) is 13.2 Å². The number of aromatic nitrogens is 2. The average Bonchev–Trinajstić information content (AvgIpc) is 2.61. The molecule has 2 rings (SSSR count). The van der Waals surface area contributed by atoms with E-state index in [2.05, 4.69) is 4.98 Å². The number of hydrogen-bond donors (Lipinski definition) is 3. The molecule has 2 heterocycles. The van der Waals surface area contributed by atoms with E-state index in [1.807, 2.05) is 0 Å². The second kappa shape index (κ2) is 4.89. The first kappa shape index (κ1) is 13.9. The predicted molar refractivity (Wildman–Crippen MR) is 62.7 cm³/mol. The summed E-state index contributed by atoms with van der Waals surface area (Å²) in [5.74, 6) is 0.137. The summed E-state index contributed by atoms with van der Waals surface area (Å²) >= 11 is 0. The third kappa shape index (κ3) is 2.23. The van der Waals surface area contributed by atoms with Gasteiger partial charge in [0.25, 0.3) is 0 Å². The molecule has 106 valence electrons. The van der Waals surface area contributed by atoms with E-state index in [4.69, 9.17) is 14.6 Å². The lowest BCUT2D eigenvalue weighted by molar-refractivity contribution is -0.0988. The first-order valence-corrected chi connectivity index (χ1v) is 5.71. The number of hydrogen-bond acceptors (Lipinski definition) is 7. The third-order valence-electron chi connectivity index (χ3n) is 3.20. The molecular weight excluding hydrogens is 256 g/mol. The Morgan fingerprint density at radius 2 is 2.32 bits per heavy atom. The van der Waals surface area contributed by atoms with Crippen molar-refractivity contribution in [3.05, 3.63) is 22.7 Å². The first-order valence-electron chi connectivity index (χ1n) is 5.71. The van der Waals surface area contributed by atoms with Gasteiger partial charge in [0.05, 0.1) is 13.7 Å². The summed E-state index contributed by atoms with van der Waals surface area (Å²) in [4.78, 5) is 15.4. The van der Waals surface area contributed by atoms with Gasteiger partial charge in [-0.15, -0.1) is 0 Å². The molecule has 19 heavy (non-hydrogen) atoms. The van der Waals surface area contributed by atoms with Crippen molar-refractivity contribution in [2.45, 2.75) is 31.0 Å². The fourth-order valence-corrected chi connectivity index (χ4v) is 2.08. The van der Waals surface area contributed by atoms with Crippen LogP contribution in [-0.4, -0.2) is 56.4 Å². The van der Waals surface area contributed by atoms with Crippen LogP contribution in [0.2, 0.25) is 0 Å². The highest BCUT2D eigenvalue weighted by atomic mass is 16.6. The smallest absolute Gasteiger partial charge is 0.353 e. The number of aliphatic hydroxyl groups excluding tert-OH is 2. The molecule has 0 aromatic carbocycles. The Bertz CT molecular complexity index is 514. The molecular formula is C11H16N2O6. The second-order valence-corrected chi connectivity index (χ2v) is 4.54. The number of methoxy groups -OCH3 is 1. The van der Waals surface area contributed by atoms with Crippen molar-refractivity contribution in [3.8, 4) is 5.88 Å². The maximum absolute atomic E-state index is 11.8. The van der Waals surface area contributed by atoms with E-state index >= 15 is 0 Å². The SMILES string of the molecule is COc1ccn([C@@H]2O[C@H](CO)[C@@H](O)[C@@]2(C)O)c(=O)n1. The summed E-state index contributed by atoms with van der Waals surface area (Å²) in [6.07, 6.45) is -2.06. The Kier molecular flexibility index (Phi) is 3.59. The molecule has 3 N–H and O–H groups in total. The molecule has 0 amide bonds. The fourth-order valence-electron chi connectivity index (χ4n) is 2.08. The highest BCUT2D eigenvalue weighted by Gasteiger charge is 2.53. The van der Waals surface area contributed by atoms with Crippen LogP contribution in [-0.2, 0) is 4.74 Å². The largest absolute Gasteiger partial charge is 0.481 e. The molecule has 1 aliphatic heterocycles. The molecule has 1 fully saturated rings. The molecule has 1 aromatic rings. The highest BCUT2D eigenvalue weighted by Crippen LogP contribution is 2.37. The van der Waals surface area contributed by atoms with Gasteiger partial charge in [-0.25, -0.2) is 4.79 Å². The van der Waals surface area contributed by atoms with Crippen molar-refractivity contribution in [3.63, 3.8) is 0 Å². The standard InChI is InChI=1S/C11H16N2O6/c1-11(17)8(15)6(5-14)19-9(11)13-4-3-7(18-2)12-10(13)16/h3-4,6,8-9,14-15,17H,5H2,1-2H3/t6-,8-,9-,11-/m1/s1. The summed E-state index contributed by atoms with van der Waals surface area (Å²) in [6, 6.07) is 1.43. The predicted octanol–water partition coefficient (Wildman–Crippen LogP) is -1.75. The molecule has 0 bridgehead atoms. The Hall–Kier alpha value is -1.48. The summed E-state index contributed by atoms with van der Waals surface area (Å²) in [5, 5.41) is 29.1. The van der Waals surface area contributed by atoms with E-state index in [9.17, 15) is 15.0 Å². The summed E-state index contributed by atoms with van der Waals surface area (Å²) in [7, 11) is 1.37. The zero-order valence-corrected chi connectivity index (χ0v) is 10.6. The van der Waals surface area contributed by atoms with Crippen LogP contribution < -0.4 is 10.4 Å². The molecule has 8 nitrogen and oxygen atoms in total. The van der Waals surface area contributed by atoms with Crippen LogP contribution in [0.3, 0.4) is 0 Å². The van der Waals surface area contributed by atoms with Crippen molar-refractivity contribution in [1.82, 2.24) is 9.55 Å². The van der Waals surface area contributed by atoms with Crippen LogP contribution in [0.25, 0.3) is 0 Å². The molecule has 8 heteroatoms. The van der Waals surface area contributed by atoms with E-state index < -0.39 is 36.3 Å². The van der Waals surface area contributed by atoms with Gasteiger partial charge < -0.3 is 24.8 Å². The maximum Gasteiger partial charge on any atom is 0.353 e. The lowest BCUT2D eigenvalue weighted by atomic mass is 9.96. The average molecular weight is 272 g/mol. The molecule has 0 saturated carbocycles. The monoisotopic (exact) mass is 272 g/mol. The minimum absolute atomic E-state index is 0.137. The molecule has 0 unspecified atom stereocenters. The van der Waals surface area contributed by atoms with Gasteiger partial charge in [0.15, 0.2) is 6.23 Å². The normalized spacial score (nSPS) is 34.5. The quantitative estimate of drug-likeness (QED) is 0.598. The second-order valence-electron chi connectivity index (χ2n) is 4.54. The van der Waals surface area contributed by atoms with E-state index in [0.29, 0.717) is 0 Å². The van der Waals surface area contributed by atoms with Crippen molar-refractivity contribution >= 4 is 0 Å². The van der Waals surface area contributed by atoms with Crippen LogP contribution >= 0.6 is 0 Å². The number of rotatable bonds is 3. The van der Waals surface area contributed by atoms with Crippen molar-refractivity contribution in [2.24, 2.45) is 0 Å². The first-order chi connectivity index (χ1) is 8.91. The lowest BCUT2D eigenvalue weighted by Gasteiger charge is -2.27. The topological polar surface area (TPSA) is 114 Å². The molecule has 1 aliphatic rings. The summed E-state index contributed by atoms with van der Waals surface area (Å²) < 4.78 is 11.2. The zero-order valence-electron chi connectivity index (χ0n) is 10.6. The van der Waals surface area contributed by atoms with E-state index in [-0.39, 0.29) is 5.88 Å². The Balaban J connectivity index is 2.39. The number of aliphatic hydroxyl groups is 3. The fraction of sp³-hybridized carbons (Fsp3) is 0.636. The van der Waals surface area contributed by atoms with Crippen LogP contribution in [0.4, 0.5) is 0 Å². The van der Waals surface area contributed by atoms with Gasteiger partial charge in [0, 0.05) is 12.3 Å². The van der Waals surface area contributed by atoms with E-state index in [1.54, 1.807) is 0 Å². The third-order valence-corrected chi connectivity index (χ3v) is 3.20. The Labute approximate surface area is 108 Å². The van der Waals surface area contributed by atoms with Gasteiger partial charge in [0.2, 0.25) is 5.88 Å². The van der Waals surface area contributed by atoms with Gasteiger partial charge in [-0.05, 0) is 6.92 Å². The van der Waals surface area contributed by atoms with E-state index in [1.165, 1.54) is 26.3 Å². The van der Waals surface area contributed by atoms with Crippen LogP contribution in [0.15, 0.2) is 17.1 Å². The molecule has 0 spiro atoms. The van der Waals surface area contributed by atoms with Crippen molar-refractivity contribution in [1.29, 1.82) is 0 Å². The molecule has 0 aliphatic carbocycles. The van der Waals surface area contributed by atoms with Crippen LogP contribution in [0.5, 0.6) is 5.88 Å². The minimum Gasteiger partial charge on any atom is -0.481 e. The number of nitrogens with zero attached hydrogens (tertiary/aromatic N) is 2. The van der Waals surface area contributed by atoms with Gasteiger partial charge >= 0.3 is 5.69 Å². The van der Waals surface area contributed by atoms with Gasteiger partial charge in [-0.2, -0.15) is 4.98 Å². The van der Waals surface area contributed by atoms with Crippen molar-refractivity contribution < 1.29 is 24.8 Å². The Morgan fingerprint density at radius 1 is 1.63 bits per heavy atom. The molecule has 0 radical (unpaired) electrons. The van der Waals surface area contributed by atoms with Crippen molar-refractivity contribution in [2.75, 3.05) is 13.7 Å². The maximum atomic E-state index is 11.8. The Morgan fingerprint density at radius 3 is 2.79 bits per heavy atom. The lowest BCUT2D eigenvalue weighted by Crippen LogP contribution is -2.46. The minimum atomic E-state index is -1.71. The van der Waals surface area contributed by atoms with E-state index in [0.717, 1.165) is 4.57 Å². The molecule has 1 aromatic heterocycles. The zero-order chi connectivity index (χ0) is 14.2. The summed E-state index contributed by atoms with van der Waals surface area (Å²) in [5.41, 5.74) is -2.40. The van der Waals surface area contributed by atoms with Gasteiger partial charge in [0.1, 0.15) is 17.8 Å². The molecule has 4 atom stereocenters. The van der Waals surface area contributed by atoms with Gasteiger partial charge in [-0.3, -0.25) is 4.57 Å². The highest BCUT2D eigenvalue weighted by molar-refractivity contribution is 5.08. The number of ether oxygens (including phenoxy) is 2. The van der Waals surface area contributed by atoms with Gasteiger partial charge in [-0.1, -0.05) is 0 Å². The van der Waals surface area contributed by atoms with Crippen LogP contribution in [0, 0.1) is 0 Å².